The Kier molecular flexibility index (Phi) is 5.95. The molecule has 8 nitrogen and oxygen atoms in total. The first-order valence-corrected chi connectivity index (χ1v) is 10.8. The van der Waals surface area contributed by atoms with Crippen molar-refractivity contribution < 1.29 is 19.0 Å². The second-order valence-corrected chi connectivity index (χ2v) is 9.02. The van der Waals surface area contributed by atoms with Gasteiger partial charge >= 0.3 is 6.09 Å². The molecular weight excluding hydrogens is 408 g/mol. The molecule has 3 heterocycles. The van der Waals surface area contributed by atoms with Crippen molar-refractivity contribution in [2.75, 3.05) is 27.3 Å². The van der Waals surface area contributed by atoms with Gasteiger partial charge in [-0.3, -0.25) is 0 Å². The third-order valence-corrected chi connectivity index (χ3v) is 5.59. The van der Waals surface area contributed by atoms with Crippen molar-refractivity contribution in [2.45, 2.75) is 45.1 Å². The number of rotatable bonds is 4. The molecule has 0 radical (unpaired) electrons. The van der Waals surface area contributed by atoms with E-state index in [0.717, 1.165) is 41.0 Å². The lowest BCUT2D eigenvalue weighted by molar-refractivity contribution is 0.0203. The Balaban J connectivity index is 1.49. The number of aromatic amines is 1. The number of fused-ring (bicyclic) bond motifs is 1. The molecule has 1 saturated heterocycles. The van der Waals surface area contributed by atoms with Gasteiger partial charge < -0.3 is 24.1 Å². The van der Waals surface area contributed by atoms with Gasteiger partial charge in [0.05, 0.1) is 31.4 Å². The van der Waals surface area contributed by atoms with Gasteiger partial charge in [-0.15, -0.1) is 0 Å². The third kappa shape index (κ3) is 4.64. The molecule has 2 aromatic heterocycles. The van der Waals surface area contributed by atoms with Crippen LogP contribution in [0.3, 0.4) is 0 Å². The maximum absolute atomic E-state index is 12.3. The summed E-state index contributed by atoms with van der Waals surface area (Å²) in [5.41, 5.74) is 3.18. The van der Waals surface area contributed by atoms with E-state index in [4.69, 9.17) is 19.2 Å². The maximum Gasteiger partial charge on any atom is 0.410 e. The van der Waals surface area contributed by atoms with Crippen LogP contribution < -0.4 is 9.47 Å². The Morgan fingerprint density at radius 1 is 1.09 bits per heavy atom. The molecule has 1 fully saturated rings. The molecule has 4 rings (SSSR count). The summed E-state index contributed by atoms with van der Waals surface area (Å²) in [6.07, 6.45) is 3.22. The minimum absolute atomic E-state index is 0.220. The Bertz CT molecular complexity index is 1110. The Morgan fingerprint density at radius 2 is 1.81 bits per heavy atom. The minimum atomic E-state index is -0.484. The van der Waals surface area contributed by atoms with Crippen LogP contribution in [0.25, 0.3) is 22.3 Å². The summed E-state index contributed by atoms with van der Waals surface area (Å²) < 4.78 is 16.2. The van der Waals surface area contributed by atoms with Crippen LogP contribution >= 0.6 is 0 Å². The number of carbonyl (C=O) groups excluding carboxylic acids is 1. The van der Waals surface area contributed by atoms with E-state index in [-0.39, 0.29) is 12.0 Å². The van der Waals surface area contributed by atoms with Crippen LogP contribution in [-0.2, 0) is 4.74 Å². The van der Waals surface area contributed by atoms with Gasteiger partial charge in [0.2, 0.25) is 0 Å². The van der Waals surface area contributed by atoms with Gasteiger partial charge in [0.25, 0.3) is 0 Å². The number of piperidine rings is 1. The smallest absolute Gasteiger partial charge is 0.410 e. The van der Waals surface area contributed by atoms with Crippen molar-refractivity contribution in [1.82, 2.24) is 19.9 Å². The summed E-state index contributed by atoms with van der Waals surface area (Å²) in [7, 11) is 3.24. The van der Waals surface area contributed by atoms with E-state index in [0.29, 0.717) is 24.6 Å². The summed E-state index contributed by atoms with van der Waals surface area (Å²) in [5.74, 6) is 2.40. The molecule has 0 spiro atoms. The predicted octanol–water partition coefficient (Wildman–Crippen LogP) is 4.76. The van der Waals surface area contributed by atoms with Crippen molar-refractivity contribution >= 4 is 17.1 Å². The van der Waals surface area contributed by atoms with E-state index in [1.807, 2.05) is 51.2 Å². The quantitative estimate of drug-likeness (QED) is 0.632. The summed E-state index contributed by atoms with van der Waals surface area (Å²) in [6, 6.07) is 7.82. The molecule has 1 N–H and O–H groups in total. The molecule has 0 aliphatic carbocycles. The molecule has 1 aliphatic heterocycles. The van der Waals surface area contributed by atoms with Crippen molar-refractivity contribution in [3.05, 3.63) is 36.3 Å². The summed E-state index contributed by atoms with van der Waals surface area (Å²) >= 11 is 0. The van der Waals surface area contributed by atoms with Crippen LogP contribution in [-0.4, -0.2) is 58.9 Å². The van der Waals surface area contributed by atoms with Crippen molar-refractivity contribution in [3.63, 3.8) is 0 Å². The SMILES string of the molecule is COc1ccc(-c2cc3nc(C4CCN(C(=O)OC(C)(C)C)CC4)ncc3[nH]2)cc1OC. The number of hydrogen-bond acceptors (Lipinski definition) is 6. The average molecular weight is 439 g/mol. The van der Waals surface area contributed by atoms with Crippen LogP contribution in [0.15, 0.2) is 30.5 Å². The zero-order chi connectivity index (χ0) is 22.9. The fourth-order valence-electron chi connectivity index (χ4n) is 3.94. The van der Waals surface area contributed by atoms with Gasteiger partial charge in [0, 0.05) is 30.3 Å². The molecule has 170 valence electrons. The third-order valence-electron chi connectivity index (χ3n) is 5.59. The monoisotopic (exact) mass is 438 g/mol. The molecule has 8 heteroatoms. The van der Waals surface area contributed by atoms with Crippen LogP contribution in [0.2, 0.25) is 0 Å². The summed E-state index contributed by atoms with van der Waals surface area (Å²) in [5, 5.41) is 0. The number of ether oxygens (including phenoxy) is 3. The highest BCUT2D eigenvalue weighted by atomic mass is 16.6. The normalized spacial score (nSPS) is 15.1. The van der Waals surface area contributed by atoms with Gasteiger partial charge in [0.15, 0.2) is 11.5 Å². The molecule has 1 aliphatic rings. The number of aromatic nitrogens is 3. The van der Waals surface area contributed by atoms with E-state index in [1.54, 1.807) is 19.1 Å². The highest BCUT2D eigenvalue weighted by Crippen LogP contribution is 2.33. The van der Waals surface area contributed by atoms with Crippen LogP contribution in [0.1, 0.15) is 45.4 Å². The summed E-state index contributed by atoms with van der Waals surface area (Å²) in [4.78, 5) is 26.9. The highest BCUT2D eigenvalue weighted by molar-refractivity contribution is 5.82. The first-order valence-electron chi connectivity index (χ1n) is 10.8. The van der Waals surface area contributed by atoms with Gasteiger partial charge in [-0.1, -0.05) is 0 Å². The minimum Gasteiger partial charge on any atom is -0.493 e. The standard InChI is InChI=1S/C24H30N4O4/c1-24(2,3)32-23(29)28-10-8-15(9-11-28)22-25-14-19-18(27-22)13-17(26-19)16-6-7-20(30-4)21(12-16)31-5/h6-7,12-15,26H,8-11H2,1-5H3. The fraction of sp³-hybridized carbons (Fsp3) is 0.458. The lowest BCUT2D eigenvalue weighted by Gasteiger charge is -2.32. The number of carbonyl (C=O) groups is 1. The molecule has 0 saturated carbocycles. The Labute approximate surface area is 187 Å². The number of H-pyrrole nitrogens is 1. The number of hydrogen-bond donors (Lipinski definition) is 1. The van der Waals surface area contributed by atoms with Gasteiger partial charge in [0.1, 0.15) is 11.4 Å². The molecule has 32 heavy (non-hydrogen) atoms. The molecule has 0 bridgehead atoms. The van der Waals surface area contributed by atoms with Gasteiger partial charge in [-0.2, -0.15) is 0 Å². The second kappa shape index (κ2) is 8.68. The molecule has 1 amide bonds. The van der Waals surface area contributed by atoms with Crippen molar-refractivity contribution in [1.29, 1.82) is 0 Å². The molecule has 3 aromatic rings. The zero-order valence-electron chi connectivity index (χ0n) is 19.3. The number of nitrogens with zero attached hydrogens (tertiary/aromatic N) is 3. The van der Waals surface area contributed by atoms with E-state index in [1.165, 1.54) is 0 Å². The second-order valence-electron chi connectivity index (χ2n) is 9.02. The van der Waals surface area contributed by atoms with Gasteiger partial charge in [-0.25, -0.2) is 14.8 Å². The lowest BCUT2D eigenvalue weighted by atomic mass is 9.96. The molecule has 0 unspecified atom stereocenters. The highest BCUT2D eigenvalue weighted by Gasteiger charge is 2.28. The lowest BCUT2D eigenvalue weighted by Crippen LogP contribution is -2.41. The Morgan fingerprint density at radius 3 is 2.47 bits per heavy atom. The van der Waals surface area contributed by atoms with Crippen LogP contribution in [0.5, 0.6) is 11.5 Å². The zero-order valence-corrected chi connectivity index (χ0v) is 19.3. The summed E-state index contributed by atoms with van der Waals surface area (Å²) in [6.45, 7) is 6.94. The number of benzene rings is 1. The Hall–Kier alpha value is -3.29. The number of amides is 1. The van der Waals surface area contributed by atoms with Crippen molar-refractivity contribution in [3.8, 4) is 22.8 Å². The fourth-order valence-corrected chi connectivity index (χ4v) is 3.94. The molecule has 0 atom stereocenters. The van der Waals surface area contributed by atoms with Crippen molar-refractivity contribution in [2.24, 2.45) is 0 Å². The average Bonchev–Trinajstić information content (AvgIpc) is 3.21. The number of likely N-dealkylation sites (tertiary alicyclic amines) is 1. The van der Waals surface area contributed by atoms with E-state index < -0.39 is 5.60 Å². The predicted molar refractivity (Wildman–Crippen MR) is 122 cm³/mol. The molecule has 1 aromatic carbocycles. The first kappa shape index (κ1) is 21.9. The number of nitrogens with one attached hydrogen (secondary N) is 1. The van der Waals surface area contributed by atoms with E-state index >= 15 is 0 Å². The van der Waals surface area contributed by atoms with E-state index in [2.05, 4.69) is 9.97 Å². The van der Waals surface area contributed by atoms with E-state index in [9.17, 15) is 4.79 Å². The molecular formula is C24H30N4O4. The van der Waals surface area contributed by atoms with Crippen LogP contribution in [0.4, 0.5) is 4.79 Å². The topological polar surface area (TPSA) is 89.6 Å². The van der Waals surface area contributed by atoms with Gasteiger partial charge in [-0.05, 0) is 57.9 Å². The maximum atomic E-state index is 12.3. The number of methoxy groups -OCH3 is 2. The largest absolute Gasteiger partial charge is 0.493 e. The first-order chi connectivity index (χ1) is 15.3. The van der Waals surface area contributed by atoms with Crippen LogP contribution in [0, 0.1) is 0 Å².